The highest BCUT2D eigenvalue weighted by molar-refractivity contribution is 9.26. The van der Waals surface area contributed by atoms with Gasteiger partial charge in [0.05, 0.1) is 0 Å². The van der Waals surface area contributed by atoms with E-state index in [2.05, 4.69) is 31.9 Å². The third-order valence-corrected chi connectivity index (χ3v) is 6.14. The second kappa shape index (κ2) is 2.95. The van der Waals surface area contributed by atoms with E-state index in [4.69, 9.17) is 0 Å². The number of hydrogen-bond donors (Lipinski definition) is 0. The Hall–Kier alpha value is 0.300. The lowest BCUT2D eigenvalue weighted by Crippen LogP contribution is -2.58. The molecule has 0 unspecified atom stereocenters. The zero-order valence-electron chi connectivity index (χ0n) is 9.06. The first kappa shape index (κ1) is 11.8. The summed E-state index contributed by atoms with van der Waals surface area (Å²) < 4.78 is -1.13. The van der Waals surface area contributed by atoms with Crippen molar-refractivity contribution in [1.82, 2.24) is 0 Å². The number of ketones is 2. The monoisotopic (exact) mass is 336 g/mol. The molecule has 2 aliphatic rings. The number of alkyl halides is 2. The van der Waals surface area contributed by atoms with Crippen LogP contribution in [0.2, 0.25) is 0 Å². The summed E-state index contributed by atoms with van der Waals surface area (Å²) in [6.07, 6.45) is 1.64. The van der Waals surface area contributed by atoms with Crippen molar-refractivity contribution in [3.8, 4) is 0 Å². The van der Waals surface area contributed by atoms with Crippen molar-refractivity contribution in [2.24, 2.45) is 16.7 Å². The molecule has 0 N–H and O–H groups in total. The average molecular weight is 338 g/mol. The predicted octanol–water partition coefficient (Wildman–Crippen LogP) is 3.07. The lowest BCUT2D eigenvalue weighted by atomic mass is 9.58. The Bertz CT molecular complexity index is 360. The summed E-state index contributed by atoms with van der Waals surface area (Å²) in [7, 11) is 0. The van der Waals surface area contributed by atoms with Gasteiger partial charge in [0.25, 0.3) is 0 Å². The number of halogens is 2. The number of carbonyl (C=O) groups is 2. The Balaban J connectivity index is 2.61. The Morgan fingerprint density at radius 1 is 1.20 bits per heavy atom. The van der Waals surface area contributed by atoms with Gasteiger partial charge in [0.15, 0.2) is 14.8 Å². The summed E-state index contributed by atoms with van der Waals surface area (Å²) in [5, 5.41) is 0. The lowest BCUT2D eigenvalue weighted by Gasteiger charge is -2.47. The molecule has 0 spiro atoms. The molecule has 2 nitrogen and oxygen atoms in total. The van der Waals surface area contributed by atoms with E-state index in [-0.39, 0.29) is 22.9 Å². The first-order valence-corrected chi connectivity index (χ1v) is 6.71. The SMILES string of the molecule is CC1(C)[C@@H]2CC[C@]1(C)C(=O)C(Br)(Br)C2=O. The average Bonchev–Trinajstić information content (AvgIpc) is 2.32. The van der Waals surface area contributed by atoms with Gasteiger partial charge in [0.1, 0.15) is 0 Å². The van der Waals surface area contributed by atoms with Gasteiger partial charge in [-0.15, -0.1) is 0 Å². The smallest absolute Gasteiger partial charge is 0.197 e. The second-order valence-corrected chi connectivity index (χ2v) is 8.86. The molecule has 84 valence electrons. The van der Waals surface area contributed by atoms with E-state index in [1.54, 1.807) is 0 Å². The van der Waals surface area contributed by atoms with Gasteiger partial charge in [-0.1, -0.05) is 52.6 Å². The van der Waals surface area contributed by atoms with Gasteiger partial charge in [-0.05, 0) is 18.3 Å². The standard InChI is InChI=1S/C11H14Br2O2/c1-9(2)6-4-5-10(9,3)8(15)11(12,13)7(6)14/h6H,4-5H2,1-3H3/t6-,10-/m1/s1. The van der Waals surface area contributed by atoms with Crippen molar-refractivity contribution in [2.75, 3.05) is 0 Å². The van der Waals surface area contributed by atoms with Crippen molar-refractivity contribution in [2.45, 2.75) is 36.8 Å². The number of rotatable bonds is 0. The van der Waals surface area contributed by atoms with Crippen molar-refractivity contribution < 1.29 is 9.59 Å². The van der Waals surface area contributed by atoms with Crippen LogP contribution in [0.25, 0.3) is 0 Å². The Morgan fingerprint density at radius 3 is 2.27 bits per heavy atom. The van der Waals surface area contributed by atoms with Crippen LogP contribution in [0.4, 0.5) is 0 Å². The predicted molar refractivity (Wildman–Crippen MR) is 65.2 cm³/mol. The summed E-state index contributed by atoms with van der Waals surface area (Å²) in [5.41, 5.74) is -0.606. The molecule has 2 bridgehead atoms. The number of carbonyl (C=O) groups excluding carboxylic acids is 2. The highest BCUT2D eigenvalue weighted by Crippen LogP contribution is 2.64. The number of hydrogen-bond acceptors (Lipinski definition) is 2. The number of Topliss-reactive ketones (excluding diaryl/α,β-unsaturated/α-hetero) is 2. The van der Waals surface area contributed by atoms with Gasteiger partial charge in [0.2, 0.25) is 0 Å². The van der Waals surface area contributed by atoms with Crippen LogP contribution in [-0.4, -0.2) is 14.8 Å². The molecule has 4 heteroatoms. The highest BCUT2D eigenvalue weighted by Gasteiger charge is 2.68. The summed E-state index contributed by atoms with van der Waals surface area (Å²) in [6, 6.07) is 0. The Kier molecular flexibility index (Phi) is 2.31. The zero-order chi connectivity index (χ0) is 11.6. The first-order chi connectivity index (χ1) is 6.65. The van der Waals surface area contributed by atoms with E-state index >= 15 is 0 Å². The topological polar surface area (TPSA) is 34.1 Å². The molecule has 0 radical (unpaired) electrons. The Morgan fingerprint density at radius 2 is 1.73 bits per heavy atom. The third kappa shape index (κ3) is 1.15. The van der Waals surface area contributed by atoms with Crippen molar-refractivity contribution in [3.05, 3.63) is 0 Å². The molecule has 0 heterocycles. The number of fused-ring (bicyclic) bond motifs is 2. The van der Waals surface area contributed by atoms with Crippen LogP contribution in [0.15, 0.2) is 0 Å². The van der Waals surface area contributed by atoms with Crippen molar-refractivity contribution >= 4 is 43.4 Å². The van der Waals surface area contributed by atoms with E-state index in [0.717, 1.165) is 12.8 Å². The van der Waals surface area contributed by atoms with Gasteiger partial charge in [-0.2, -0.15) is 0 Å². The quantitative estimate of drug-likeness (QED) is 0.503. The van der Waals surface area contributed by atoms with E-state index in [1.807, 2.05) is 20.8 Å². The molecular weight excluding hydrogens is 324 g/mol. The molecule has 2 saturated carbocycles. The van der Waals surface area contributed by atoms with Crippen molar-refractivity contribution in [1.29, 1.82) is 0 Å². The second-order valence-electron chi connectivity index (χ2n) is 5.41. The molecule has 0 amide bonds. The molecule has 0 aromatic carbocycles. The largest absolute Gasteiger partial charge is 0.296 e. The molecule has 0 aromatic rings. The minimum atomic E-state index is -1.13. The van der Waals surface area contributed by atoms with Crippen LogP contribution < -0.4 is 0 Å². The van der Waals surface area contributed by atoms with Crippen LogP contribution >= 0.6 is 31.9 Å². The Labute approximate surface area is 106 Å². The fourth-order valence-electron chi connectivity index (χ4n) is 3.04. The van der Waals surface area contributed by atoms with Gasteiger partial charge >= 0.3 is 0 Å². The molecule has 2 fully saturated rings. The summed E-state index contributed by atoms with van der Waals surface area (Å²) in [4.78, 5) is 24.5. The molecule has 2 aliphatic carbocycles. The molecule has 2 atom stereocenters. The van der Waals surface area contributed by atoms with Gasteiger partial charge in [-0.25, -0.2) is 0 Å². The molecule has 2 rings (SSSR count). The molecule has 0 aliphatic heterocycles. The fraction of sp³-hybridized carbons (Fsp3) is 0.818. The maximum Gasteiger partial charge on any atom is 0.197 e. The van der Waals surface area contributed by atoms with Crippen LogP contribution in [0.1, 0.15) is 33.6 Å². The normalized spacial score (nSPS) is 42.1. The van der Waals surface area contributed by atoms with Gasteiger partial charge in [-0.3, -0.25) is 9.59 Å². The molecular formula is C11H14Br2O2. The van der Waals surface area contributed by atoms with Crippen molar-refractivity contribution in [3.63, 3.8) is 0 Å². The highest BCUT2D eigenvalue weighted by atomic mass is 79.9. The van der Waals surface area contributed by atoms with E-state index in [1.165, 1.54) is 0 Å². The van der Waals surface area contributed by atoms with E-state index in [0.29, 0.717) is 0 Å². The maximum absolute atomic E-state index is 12.3. The minimum Gasteiger partial charge on any atom is -0.296 e. The van der Waals surface area contributed by atoms with Crippen LogP contribution in [-0.2, 0) is 9.59 Å². The lowest BCUT2D eigenvalue weighted by molar-refractivity contribution is -0.146. The summed E-state index contributed by atoms with van der Waals surface area (Å²) in [5.74, 6) is -0.0369. The van der Waals surface area contributed by atoms with Crippen LogP contribution in [0.3, 0.4) is 0 Å². The maximum atomic E-state index is 12.3. The zero-order valence-corrected chi connectivity index (χ0v) is 12.2. The molecule has 15 heavy (non-hydrogen) atoms. The summed E-state index contributed by atoms with van der Waals surface area (Å²) >= 11 is 6.50. The summed E-state index contributed by atoms with van der Waals surface area (Å²) in [6.45, 7) is 6.06. The molecule has 0 aromatic heterocycles. The minimum absolute atomic E-state index is 0.00697. The van der Waals surface area contributed by atoms with Crippen LogP contribution in [0.5, 0.6) is 0 Å². The van der Waals surface area contributed by atoms with Crippen LogP contribution in [0, 0.1) is 16.7 Å². The third-order valence-electron chi connectivity index (χ3n) is 4.64. The van der Waals surface area contributed by atoms with Gasteiger partial charge < -0.3 is 0 Å². The van der Waals surface area contributed by atoms with E-state index < -0.39 is 8.65 Å². The van der Waals surface area contributed by atoms with E-state index in [9.17, 15) is 9.59 Å². The fourth-order valence-corrected chi connectivity index (χ4v) is 4.47. The molecule has 0 saturated heterocycles. The van der Waals surface area contributed by atoms with Gasteiger partial charge in [0, 0.05) is 11.3 Å². The first-order valence-electron chi connectivity index (χ1n) is 5.13.